The zero-order valence-electron chi connectivity index (χ0n) is 9.03. The highest BCUT2D eigenvalue weighted by atomic mass is 35.5. The van der Waals surface area contributed by atoms with Crippen LogP contribution in [0.3, 0.4) is 0 Å². The lowest BCUT2D eigenvalue weighted by Crippen LogP contribution is -2.07. The summed E-state index contributed by atoms with van der Waals surface area (Å²) < 4.78 is 4.82. The first kappa shape index (κ1) is 13.2. The molecule has 88 valence electrons. The van der Waals surface area contributed by atoms with Crippen LogP contribution in [0.25, 0.3) is 0 Å². The van der Waals surface area contributed by atoms with Gasteiger partial charge in [-0.05, 0) is 19.1 Å². The first-order valence-corrected chi connectivity index (χ1v) is 6.44. The summed E-state index contributed by atoms with van der Waals surface area (Å²) in [4.78, 5) is 11.1. The van der Waals surface area contributed by atoms with Crippen molar-refractivity contribution in [2.75, 3.05) is 18.1 Å². The minimum atomic E-state index is -0.210. The summed E-state index contributed by atoms with van der Waals surface area (Å²) in [5, 5.41) is 0.636. The summed E-state index contributed by atoms with van der Waals surface area (Å²) >= 11 is 7.44. The van der Waals surface area contributed by atoms with Gasteiger partial charge in [0.05, 0.1) is 12.4 Å². The lowest BCUT2D eigenvalue weighted by molar-refractivity contribution is -0.139. The van der Waals surface area contributed by atoms with Crippen LogP contribution >= 0.6 is 23.4 Å². The van der Waals surface area contributed by atoms with E-state index in [9.17, 15) is 4.79 Å². The number of carbonyl (C=O) groups excluding carboxylic acids is 1. The third-order valence-corrected chi connectivity index (χ3v) is 3.21. The van der Waals surface area contributed by atoms with Gasteiger partial charge >= 0.3 is 5.97 Å². The van der Waals surface area contributed by atoms with Crippen LogP contribution in [0.5, 0.6) is 0 Å². The van der Waals surface area contributed by atoms with Crippen LogP contribution < -0.4 is 5.73 Å². The van der Waals surface area contributed by atoms with Gasteiger partial charge in [0.15, 0.2) is 0 Å². The second-order valence-corrected chi connectivity index (χ2v) is 4.50. The predicted molar refractivity (Wildman–Crippen MR) is 68.7 cm³/mol. The molecular formula is C11H14ClNO2S. The van der Waals surface area contributed by atoms with Gasteiger partial charge in [-0.15, -0.1) is 11.8 Å². The Hall–Kier alpha value is -0.870. The minimum absolute atomic E-state index is 0.210. The zero-order chi connectivity index (χ0) is 12.0. The Morgan fingerprint density at radius 3 is 2.94 bits per heavy atom. The highest BCUT2D eigenvalue weighted by molar-refractivity contribution is 7.99. The molecule has 1 aromatic rings. The molecule has 0 atom stereocenters. The molecule has 0 spiro atoms. The molecule has 0 amide bonds. The van der Waals surface area contributed by atoms with Crippen LogP contribution in [-0.4, -0.2) is 18.3 Å². The van der Waals surface area contributed by atoms with Crippen LogP contribution in [0.1, 0.15) is 12.5 Å². The molecule has 0 fully saturated rings. The number of benzene rings is 1. The number of thioether (sulfide) groups is 1. The van der Waals surface area contributed by atoms with Crippen molar-refractivity contribution in [2.24, 2.45) is 0 Å². The average molecular weight is 260 g/mol. The van der Waals surface area contributed by atoms with Gasteiger partial charge in [0, 0.05) is 22.0 Å². The van der Waals surface area contributed by atoms with Gasteiger partial charge in [-0.1, -0.05) is 17.7 Å². The zero-order valence-corrected chi connectivity index (χ0v) is 10.6. The second kappa shape index (κ2) is 6.66. The number of anilines is 1. The third kappa shape index (κ3) is 3.94. The summed E-state index contributed by atoms with van der Waals surface area (Å²) in [6, 6.07) is 5.39. The summed E-state index contributed by atoms with van der Waals surface area (Å²) in [6.45, 7) is 2.20. The van der Waals surface area contributed by atoms with Gasteiger partial charge in [0.2, 0.25) is 0 Å². The fraction of sp³-hybridized carbons (Fsp3) is 0.364. The summed E-state index contributed by atoms with van der Waals surface area (Å²) in [5.41, 5.74) is 7.31. The van der Waals surface area contributed by atoms with E-state index in [4.69, 9.17) is 22.1 Å². The quantitative estimate of drug-likeness (QED) is 0.653. The van der Waals surface area contributed by atoms with Crippen LogP contribution in [-0.2, 0) is 15.3 Å². The Kier molecular flexibility index (Phi) is 5.49. The Labute approximate surface area is 104 Å². The van der Waals surface area contributed by atoms with Gasteiger partial charge in [-0.3, -0.25) is 4.79 Å². The van der Waals surface area contributed by atoms with Crippen molar-refractivity contribution < 1.29 is 9.53 Å². The average Bonchev–Trinajstić information content (AvgIpc) is 2.23. The maximum atomic E-state index is 11.1. The first-order chi connectivity index (χ1) is 7.65. The van der Waals surface area contributed by atoms with E-state index in [0.717, 1.165) is 5.56 Å². The molecule has 0 aliphatic heterocycles. The number of halogens is 1. The van der Waals surface area contributed by atoms with Crippen LogP contribution in [0, 0.1) is 0 Å². The maximum Gasteiger partial charge on any atom is 0.315 e. The molecule has 5 heteroatoms. The maximum absolute atomic E-state index is 11.1. The molecule has 0 aromatic heterocycles. The van der Waals surface area contributed by atoms with Crippen molar-refractivity contribution in [1.29, 1.82) is 0 Å². The van der Waals surface area contributed by atoms with Crippen LogP contribution in [0.4, 0.5) is 5.69 Å². The Bertz CT molecular complexity index is 351. The molecule has 0 saturated heterocycles. The number of ether oxygens (including phenoxy) is 1. The van der Waals surface area contributed by atoms with E-state index in [1.807, 2.05) is 0 Å². The smallest absolute Gasteiger partial charge is 0.315 e. The number of hydrogen-bond acceptors (Lipinski definition) is 4. The molecule has 0 saturated carbocycles. The van der Waals surface area contributed by atoms with Crippen molar-refractivity contribution in [3.05, 3.63) is 28.8 Å². The van der Waals surface area contributed by atoms with Gasteiger partial charge < -0.3 is 10.5 Å². The summed E-state index contributed by atoms with van der Waals surface area (Å²) in [7, 11) is 0. The monoisotopic (exact) mass is 259 g/mol. The largest absolute Gasteiger partial charge is 0.465 e. The summed E-state index contributed by atoms with van der Waals surface area (Å²) in [5.74, 6) is 0.723. The molecule has 0 aliphatic rings. The molecule has 16 heavy (non-hydrogen) atoms. The number of nitrogen functional groups attached to an aromatic ring is 1. The minimum Gasteiger partial charge on any atom is -0.465 e. The van der Waals surface area contributed by atoms with E-state index < -0.39 is 0 Å². The van der Waals surface area contributed by atoms with E-state index in [1.165, 1.54) is 11.8 Å². The fourth-order valence-corrected chi connectivity index (χ4v) is 2.37. The molecule has 3 nitrogen and oxygen atoms in total. The normalized spacial score (nSPS) is 10.1. The molecular weight excluding hydrogens is 246 g/mol. The Morgan fingerprint density at radius 1 is 1.56 bits per heavy atom. The molecule has 0 aliphatic carbocycles. The van der Waals surface area contributed by atoms with Gasteiger partial charge in [0.25, 0.3) is 0 Å². The van der Waals surface area contributed by atoms with Crippen LogP contribution in [0.2, 0.25) is 5.02 Å². The molecule has 0 unspecified atom stereocenters. The molecule has 1 rings (SSSR count). The van der Waals surface area contributed by atoms with Crippen molar-refractivity contribution in [1.82, 2.24) is 0 Å². The van der Waals surface area contributed by atoms with E-state index in [1.54, 1.807) is 25.1 Å². The molecule has 0 bridgehead atoms. The van der Waals surface area contributed by atoms with Gasteiger partial charge in [-0.2, -0.15) is 0 Å². The SMILES string of the molecule is CCOC(=O)CSCc1c(N)cccc1Cl. The van der Waals surface area contributed by atoms with E-state index >= 15 is 0 Å². The van der Waals surface area contributed by atoms with E-state index in [2.05, 4.69) is 0 Å². The topological polar surface area (TPSA) is 52.3 Å². The standard InChI is InChI=1S/C11H14ClNO2S/c1-2-15-11(14)7-16-6-8-9(12)4-3-5-10(8)13/h3-5H,2,6-7,13H2,1H3. The molecule has 0 heterocycles. The lowest BCUT2D eigenvalue weighted by atomic mass is 10.2. The number of nitrogens with two attached hydrogens (primary N) is 1. The van der Waals surface area contributed by atoms with Crippen LogP contribution in [0.15, 0.2) is 18.2 Å². The van der Waals surface area contributed by atoms with E-state index in [0.29, 0.717) is 28.8 Å². The molecule has 2 N–H and O–H groups in total. The number of rotatable bonds is 5. The highest BCUT2D eigenvalue weighted by Crippen LogP contribution is 2.26. The Balaban J connectivity index is 2.46. The number of carbonyl (C=O) groups is 1. The highest BCUT2D eigenvalue weighted by Gasteiger charge is 2.07. The number of esters is 1. The second-order valence-electron chi connectivity index (χ2n) is 3.11. The van der Waals surface area contributed by atoms with Gasteiger partial charge in [-0.25, -0.2) is 0 Å². The van der Waals surface area contributed by atoms with Crippen molar-refractivity contribution in [3.63, 3.8) is 0 Å². The Morgan fingerprint density at radius 2 is 2.31 bits per heavy atom. The van der Waals surface area contributed by atoms with Gasteiger partial charge in [0.1, 0.15) is 0 Å². The van der Waals surface area contributed by atoms with Crippen molar-refractivity contribution in [2.45, 2.75) is 12.7 Å². The lowest BCUT2D eigenvalue weighted by Gasteiger charge is -2.07. The molecule has 0 radical (unpaired) electrons. The summed E-state index contributed by atoms with van der Waals surface area (Å²) in [6.07, 6.45) is 0. The van der Waals surface area contributed by atoms with Crippen molar-refractivity contribution in [3.8, 4) is 0 Å². The van der Waals surface area contributed by atoms with Crippen molar-refractivity contribution >= 4 is 35.0 Å². The first-order valence-electron chi connectivity index (χ1n) is 4.91. The predicted octanol–water partition coefficient (Wildman–Crippen LogP) is 2.72. The van der Waals surface area contributed by atoms with E-state index in [-0.39, 0.29) is 5.97 Å². The molecule has 1 aromatic carbocycles. The number of hydrogen-bond donors (Lipinski definition) is 1. The third-order valence-electron chi connectivity index (χ3n) is 1.93. The fourth-order valence-electron chi connectivity index (χ4n) is 1.17.